The van der Waals surface area contributed by atoms with E-state index < -0.39 is 0 Å². The minimum absolute atomic E-state index is 0.0593. The second-order valence-electron chi connectivity index (χ2n) is 2.43. The Bertz CT molecular complexity index is 470. The average molecular weight is 231 g/mol. The molecular weight excluding hydrogens is 227 g/mol. The topological polar surface area (TPSA) is 77.8 Å². The highest BCUT2D eigenvalue weighted by molar-refractivity contribution is 6.33. The molecule has 2 N–H and O–H groups in total. The Morgan fingerprint density at radius 2 is 2.07 bits per heavy atom. The third-order valence-corrected chi connectivity index (χ3v) is 1.97. The molecule has 14 heavy (non-hydrogen) atoms. The van der Waals surface area contributed by atoms with E-state index in [-0.39, 0.29) is 16.3 Å². The Morgan fingerprint density at radius 3 is 2.71 bits per heavy atom. The summed E-state index contributed by atoms with van der Waals surface area (Å²) in [7, 11) is 0. The maximum absolute atomic E-state index is 5.78. The lowest BCUT2D eigenvalue weighted by atomic mass is 10.2. The molecule has 0 radical (unpaired) electrons. The summed E-state index contributed by atoms with van der Waals surface area (Å²) in [4.78, 5) is 3.72. The third-order valence-electron chi connectivity index (χ3n) is 1.51. The summed E-state index contributed by atoms with van der Waals surface area (Å²) in [6, 6.07) is 1.58. The predicted octanol–water partition coefficient (Wildman–Crippen LogP) is 2.02. The number of rotatable bonds is 1. The molecule has 2 aromatic rings. The molecule has 0 spiro atoms. The van der Waals surface area contributed by atoms with Gasteiger partial charge in [-0.05, 0) is 6.07 Å². The number of halogens is 2. The van der Waals surface area contributed by atoms with Gasteiger partial charge in [-0.1, -0.05) is 23.2 Å². The molecule has 2 rings (SSSR count). The highest BCUT2D eigenvalue weighted by Gasteiger charge is 2.11. The summed E-state index contributed by atoms with van der Waals surface area (Å²) in [5.74, 6) is 0.407. The van der Waals surface area contributed by atoms with Crippen molar-refractivity contribution < 1.29 is 4.42 Å². The van der Waals surface area contributed by atoms with Crippen molar-refractivity contribution in [2.45, 2.75) is 0 Å². The van der Waals surface area contributed by atoms with Crippen molar-refractivity contribution in [2.24, 2.45) is 0 Å². The molecule has 5 nitrogen and oxygen atoms in total. The first-order valence-corrected chi connectivity index (χ1v) is 4.33. The molecule has 0 aliphatic carbocycles. The van der Waals surface area contributed by atoms with Crippen LogP contribution in [0.2, 0.25) is 10.3 Å². The first-order chi connectivity index (χ1) is 6.66. The maximum atomic E-state index is 5.78. The van der Waals surface area contributed by atoms with Gasteiger partial charge in [0.15, 0.2) is 16.1 Å². The Labute approximate surface area is 88.9 Å². The van der Waals surface area contributed by atoms with Crippen LogP contribution in [0.3, 0.4) is 0 Å². The van der Waals surface area contributed by atoms with Crippen LogP contribution < -0.4 is 5.73 Å². The van der Waals surface area contributed by atoms with Crippen LogP contribution in [0.1, 0.15) is 0 Å². The molecule has 0 aliphatic rings. The number of aromatic nitrogens is 3. The molecule has 0 amide bonds. The minimum Gasteiger partial charge on any atom is -0.424 e. The standard InChI is InChI=1S/C7H4Cl2N4O/c8-5-1-3(6(9)13-12-5)4-2-11-7(10)14-4/h1-2H,(H2,10,11). The molecular formula is C7H4Cl2N4O. The molecule has 0 fully saturated rings. The molecule has 2 aromatic heterocycles. The lowest BCUT2D eigenvalue weighted by Crippen LogP contribution is -1.86. The monoisotopic (exact) mass is 230 g/mol. The van der Waals surface area contributed by atoms with Crippen LogP contribution in [0.5, 0.6) is 0 Å². The van der Waals surface area contributed by atoms with Crippen LogP contribution in [-0.2, 0) is 0 Å². The Morgan fingerprint density at radius 1 is 1.29 bits per heavy atom. The lowest BCUT2D eigenvalue weighted by molar-refractivity contribution is 0.594. The van der Waals surface area contributed by atoms with Crippen LogP contribution >= 0.6 is 23.2 Å². The van der Waals surface area contributed by atoms with Gasteiger partial charge >= 0.3 is 0 Å². The van der Waals surface area contributed by atoms with Crippen molar-refractivity contribution in [1.82, 2.24) is 15.2 Å². The summed E-state index contributed by atoms with van der Waals surface area (Å²) < 4.78 is 5.06. The highest BCUT2D eigenvalue weighted by Crippen LogP contribution is 2.28. The minimum atomic E-state index is 0.0593. The molecule has 2 heterocycles. The fraction of sp³-hybridized carbons (Fsp3) is 0. The van der Waals surface area contributed by atoms with Crippen LogP contribution in [0.15, 0.2) is 16.7 Å². The van der Waals surface area contributed by atoms with E-state index in [0.29, 0.717) is 11.3 Å². The van der Waals surface area contributed by atoms with E-state index in [1.165, 1.54) is 12.3 Å². The van der Waals surface area contributed by atoms with E-state index in [1.54, 1.807) is 0 Å². The largest absolute Gasteiger partial charge is 0.424 e. The second-order valence-corrected chi connectivity index (χ2v) is 3.18. The number of nitrogens with zero attached hydrogens (tertiary/aromatic N) is 3. The molecule has 0 bridgehead atoms. The van der Waals surface area contributed by atoms with Crippen molar-refractivity contribution in [3.63, 3.8) is 0 Å². The van der Waals surface area contributed by atoms with E-state index in [9.17, 15) is 0 Å². The molecule has 0 aliphatic heterocycles. The third kappa shape index (κ3) is 1.64. The Balaban J connectivity index is 2.55. The summed E-state index contributed by atoms with van der Waals surface area (Å²) >= 11 is 11.4. The predicted molar refractivity (Wildman–Crippen MR) is 52.0 cm³/mol. The Hall–Kier alpha value is -1.33. The molecule has 7 heteroatoms. The zero-order valence-electron chi connectivity index (χ0n) is 6.74. The SMILES string of the molecule is Nc1ncc(-c2cc(Cl)nnc2Cl)o1. The van der Waals surface area contributed by atoms with Gasteiger partial charge in [-0.15, -0.1) is 10.2 Å². The normalized spacial score (nSPS) is 10.4. The second kappa shape index (κ2) is 3.43. The van der Waals surface area contributed by atoms with E-state index in [1.807, 2.05) is 0 Å². The van der Waals surface area contributed by atoms with Gasteiger partial charge in [0, 0.05) is 0 Å². The van der Waals surface area contributed by atoms with Gasteiger partial charge in [0.1, 0.15) is 0 Å². The van der Waals surface area contributed by atoms with E-state index >= 15 is 0 Å². The summed E-state index contributed by atoms with van der Waals surface area (Å²) in [6.45, 7) is 0. The van der Waals surface area contributed by atoms with Gasteiger partial charge in [-0.3, -0.25) is 0 Å². The highest BCUT2D eigenvalue weighted by atomic mass is 35.5. The number of nitrogen functional groups attached to an aromatic ring is 1. The van der Waals surface area contributed by atoms with Crippen molar-refractivity contribution in [3.05, 3.63) is 22.6 Å². The van der Waals surface area contributed by atoms with Gasteiger partial charge in [0.25, 0.3) is 6.01 Å². The zero-order chi connectivity index (χ0) is 10.1. The molecule has 0 atom stereocenters. The van der Waals surface area contributed by atoms with Gasteiger partial charge in [-0.25, -0.2) is 4.98 Å². The number of oxazole rings is 1. The number of hydrogen-bond acceptors (Lipinski definition) is 5. The average Bonchev–Trinajstić information content (AvgIpc) is 2.56. The van der Waals surface area contributed by atoms with Gasteiger partial charge in [-0.2, -0.15) is 0 Å². The van der Waals surface area contributed by atoms with E-state index in [2.05, 4.69) is 15.2 Å². The quantitative estimate of drug-likeness (QED) is 0.812. The number of nitrogens with two attached hydrogens (primary N) is 1. The summed E-state index contributed by atoms with van der Waals surface area (Å²) in [6.07, 6.45) is 1.44. The molecule has 0 aromatic carbocycles. The molecule has 0 unspecified atom stereocenters. The fourth-order valence-electron chi connectivity index (χ4n) is 0.938. The van der Waals surface area contributed by atoms with Crippen LogP contribution in [0.25, 0.3) is 11.3 Å². The van der Waals surface area contributed by atoms with Gasteiger partial charge < -0.3 is 10.2 Å². The first kappa shape index (κ1) is 9.23. The number of anilines is 1. The van der Waals surface area contributed by atoms with Crippen LogP contribution in [0.4, 0.5) is 6.01 Å². The van der Waals surface area contributed by atoms with Crippen LogP contribution in [0, 0.1) is 0 Å². The maximum Gasteiger partial charge on any atom is 0.292 e. The zero-order valence-corrected chi connectivity index (χ0v) is 8.25. The summed E-state index contributed by atoms with van der Waals surface area (Å²) in [5.41, 5.74) is 5.82. The number of hydrogen-bond donors (Lipinski definition) is 1. The fourth-order valence-corrected chi connectivity index (χ4v) is 1.27. The van der Waals surface area contributed by atoms with Crippen molar-refractivity contribution in [2.75, 3.05) is 5.73 Å². The van der Waals surface area contributed by atoms with Crippen molar-refractivity contribution in [3.8, 4) is 11.3 Å². The van der Waals surface area contributed by atoms with Crippen molar-refractivity contribution >= 4 is 29.2 Å². The van der Waals surface area contributed by atoms with Gasteiger partial charge in [0.2, 0.25) is 0 Å². The Kier molecular flexibility index (Phi) is 2.26. The molecule has 0 saturated carbocycles. The van der Waals surface area contributed by atoms with E-state index in [0.717, 1.165) is 0 Å². The molecule has 0 saturated heterocycles. The lowest BCUT2D eigenvalue weighted by Gasteiger charge is -1.97. The summed E-state index contributed by atoms with van der Waals surface area (Å²) in [5, 5.41) is 7.59. The van der Waals surface area contributed by atoms with Crippen molar-refractivity contribution in [1.29, 1.82) is 0 Å². The smallest absolute Gasteiger partial charge is 0.292 e. The van der Waals surface area contributed by atoms with Crippen LogP contribution in [-0.4, -0.2) is 15.2 Å². The molecule has 72 valence electrons. The van der Waals surface area contributed by atoms with E-state index in [4.69, 9.17) is 33.4 Å². The first-order valence-electron chi connectivity index (χ1n) is 3.57. The van der Waals surface area contributed by atoms with Gasteiger partial charge in [0.05, 0.1) is 11.8 Å².